The third kappa shape index (κ3) is 7.44. The minimum absolute atomic E-state index is 0.437. The molecule has 0 spiro atoms. The van der Waals surface area contributed by atoms with Gasteiger partial charge in [-0.1, -0.05) is 36.4 Å². The van der Waals surface area contributed by atoms with Crippen molar-refractivity contribution in [2.45, 2.75) is 0 Å². The predicted molar refractivity (Wildman–Crippen MR) is 160 cm³/mol. The van der Waals surface area contributed by atoms with Crippen molar-refractivity contribution in [1.29, 1.82) is 0 Å². The summed E-state index contributed by atoms with van der Waals surface area (Å²) in [5.74, 6) is 1.31. The van der Waals surface area contributed by atoms with E-state index in [9.17, 15) is 0 Å². The van der Waals surface area contributed by atoms with E-state index in [0.29, 0.717) is 17.9 Å². The van der Waals surface area contributed by atoms with Crippen LogP contribution in [0.15, 0.2) is 87.8 Å². The lowest BCUT2D eigenvalue weighted by Gasteiger charge is -2.21. The molecule has 0 amide bonds. The highest BCUT2D eigenvalue weighted by Crippen LogP contribution is 2.36. The van der Waals surface area contributed by atoms with Crippen molar-refractivity contribution in [1.82, 2.24) is 14.7 Å². The van der Waals surface area contributed by atoms with E-state index in [4.69, 9.17) is 17.2 Å². The lowest BCUT2D eigenvalue weighted by Crippen LogP contribution is -2.30. The van der Waals surface area contributed by atoms with Crippen LogP contribution in [-0.4, -0.2) is 74.9 Å². The van der Waals surface area contributed by atoms with Gasteiger partial charge >= 0.3 is 0 Å². The van der Waals surface area contributed by atoms with Crippen LogP contribution in [-0.2, 0) is 0 Å². The number of aliphatic imine (C=N–C) groups is 3. The smallest absolute Gasteiger partial charge is 0.195 e. The maximum absolute atomic E-state index is 6.10. The highest BCUT2D eigenvalue weighted by molar-refractivity contribution is 7.79. The van der Waals surface area contributed by atoms with Crippen LogP contribution in [0.5, 0.6) is 0 Å². The highest BCUT2D eigenvalue weighted by Gasteiger charge is 2.18. The van der Waals surface area contributed by atoms with Gasteiger partial charge in [-0.05, 0) is 60.2 Å². The van der Waals surface area contributed by atoms with Crippen molar-refractivity contribution >= 4 is 58.8 Å². The molecule has 9 nitrogen and oxygen atoms in total. The van der Waals surface area contributed by atoms with Crippen molar-refractivity contribution in [2.75, 3.05) is 42.3 Å². The molecule has 3 rings (SSSR count). The Morgan fingerprint density at radius 3 is 1.03 bits per heavy atom. The number of rotatable bonds is 6. The number of benzene rings is 3. The minimum Gasteiger partial charge on any atom is -0.370 e. The molecule has 0 radical (unpaired) electrons. The van der Waals surface area contributed by atoms with Crippen molar-refractivity contribution in [3.05, 3.63) is 72.8 Å². The Kier molecular flexibility index (Phi) is 9.09. The van der Waals surface area contributed by atoms with E-state index >= 15 is 0 Å². The molecule has 3 aromatic rings. The summed E-state index contributed by atoms with van der Waals surface area (Å²) in [7, 11) is 10.2. The zero-order valence-corrected chi connectivity index (χ0v) is 23.2. The molecular formula is C27H36N9P. The topological polar surface area (TPSA) is 125 Å². The van der Waals surface area contributed by atoms with Gasteiger partial charge in [-0.2, -0.15) is 0 Å². The van der Waals surface area contributed by atoms with Crippen LogP contribution in [0.1, 0.15) is 0 Å². The molecule has 0 unspecified atom stereocenters. The van der Waals surface area contributed by atoms with E-state index in [1.54, 1.807) is 14.7 Å². The molecule has 10 heteroatoms. The van der Waals surface area contributed by atoms with E-state index in [2.05, 4.69) is 51.4 Å². The molecule has 0 aliphatic heterocycles. The second kappa shape index (κ2) is 12.2. The summed E-state index contributed by atoms with van der Waals surface area (Å²) in [5.41, 5.74) is 20.7. The zero-order valence-electron chi connectivity index (χ0n) is 22.3. The number of nitrogens with zero attached hydrogens (tertiary/aromatic N) is 6. The summed E-state index contributed by atoms with van der Waals surface area (Å²) in [5, 5.41) is 3.35. The SMILES string of the molecule is CN(C)C(N)=Nc1cccc(P(c2cccc(N=C(N)N(C)C)c2)c2cccc(N=C(N)N(C)C)c2)c1. The monoisotopic (exact) mass is 517 g/mol. The summed E-state index contributed by atoms with van der Waals surface area (Å²) >= 11 is 0. The van der Waals surface area contributed by atoms with Crippen LogP contribution >= 0.6 is 7.92 Å². The summed E-state index contributed by atoms with van der Waals surface area (Å²) in [4.78, 5) is 19.1. The van der Waals surface area contributed by atoms with Gasteiger partial charge in [0.1, 0.15) is 0 Å². The lowest BCUT2D eigenvalue weighted by molar-refractivity contribution is 0.615. The maximum atomic E-state index is 6.10. The van der Waals surface area contributed by atoms with Gasteiger partial charge < -0.3 is 31.9 Å². The van der Waals surface area contributed by atoms with Gasteiger partial charge in [0.2, 0.25) is 0 Å². The van der Waals surface area contributed by atoms with Gasteiger partial charge in [0.25, 0.3) is 0 Å². The van der Waals surface area contributed by atoms with Crippen LogP contribution in [0.2, 0.25) is 0 Å². The Labute approximate surface area is 220 Å². The van der Waals surface area contributed by atoms with Gasteiger partial charge in [0.05, 0.1) is 17.1 Å². The number of nitrogens with two attached hydrogens (primary N) is 3. The summed E-state index contributed by atoms with van der Waals surface area (Å²) in [6, 6.07) is 24.4. The second-order valence-electron chi connectivity index (χ2n) is 8.99. The minimum atomic E-state index is -0.987. The average molecular weight is 518 g/mol. The molecule has 0 heterocycles. The molecule has 37 heavy (non-hydrogen) atoms. The summed E-state index contributed by atoms with van der Waals surface area (Å²) in [6.07, 6.45) is 0. The summed E-state index contributed by atoms with van der Waals surface area (Å²) in [6.45, 7) is 0. The van der Waals surface area contributed by atoms with E-state index in [1.165, 1.54) is 0 Å². The van der Waals surface area contributed by atoms with Crippen LogP contribution in [0.3, 0.4) is 0 Å². The fourth-order valence-corrected chi connectivity index (χ4v) is 5.63. The summed E-state index contributed by atoms with van der Waals surface area (Å²) < 4.78 is 0. The zero-order chi connectivity index (χ0) is 27.1. The fourth-order valence-electron chi connectivity index (χ4n) is 3.25. The van der Waals surface area contributed by atoms with Gasteiger partial charge in [-0.15, -0.1) is 0 Å². The number of hydrogen-bond acceptors (Lipinski definition) is 3. The first-order valence-electron chi connectivity index (χ1n) is 11.7. The number of hydrogen-bond donors (Lipinski definition) is 3. The van der Waals surface area contributed by atoms with Crippen LogP contribution < -0.4 is 33.1 Å². The third-order valence-corrected chi connectivity index (χ3v) is 7.75. The van der Waals surface area contributed by atoms with Crippen molar-refractivity contribution in [3.8, 4) is 0 Å². The Hall–Kier alpha value is -4.10. The van der Waals surface area contributed by atoms with Crippen LogP contribution in [0, 0.1) is 0 Å². The molecule has 0 aliphatic rings. The quantitative estimate of drug-likeness (QED) is 0.261. The Morgan fingerprint density at radius 1 is 0.514 bits per heavy atom. The van der Waals surface area contributed by atoms with E-state index in [0.717, 1.165) is 33.0 Å². The van der Waals surface area contributed by atoms with Crippen molar-refractivity contribution in [2.24, 2.45) is 32.2 Å². The molecule has 0 aromatic heterocycles. The molecule has 0 atom stereocenters. The van der Waals surface area contributed by atoms with E-state index in [-0.39, 0.29) is 0 Å². The highest BCUT2D eigenvalue weighted by atomic mass is 31.1. The van der Waals surface area contributed by atoms with Gasteiger partial charge in [-0.25, -0.2) is 15.0 Å². The van der Waals surface area contributed by atoms with Crippen molar-refractivity contribution in [3.63, 3.8) is 0 Å². The van der Waals surface area contributed by atoms with Crippen LogP contribution in [0.4, 0.5) is 17.1 Å². The standard InChI is InChI=1S/C27H36N9P/c1-34(2)25(28)31-19-10-7-13-22(16-19)37(23-14-8-11-20(17-23)32-26(29)35(3)4)24-15-9-12-21(18-24)33-27(30)36(5)6/h7-18H,1-6H3,(H2,28,31)(H2,29,32)(H2,30,33). The first-order valence-corrected chi connectivity index (χ1v) is 13.0. The normalized spacial score (nSPS) is 13.3. The molecule has 0 fully saturated rings. The molecule has 194 valence electrons. The fraction of sp³-hybridized carbons (Fsp3) is 0.222. The maximum Gasteiger partial charge on any atom is 0.195 e. The molecule has 3 aromatic carbocycles. The molecular weight excluding hydrogens is 481 g/mol. The van der Waals surface area contributed by atoms with Gasteiger partial charge in [0.15, 0.2) is 17.9 Å². The van der Waals surface area contributed by atoms with Crippen LogP contribution in [0.25, 0.3) is 0 Å². The molecule has 6 N–H and O–H groups in total. The number of guanidine groups is 3. The van der Waals surface area contributed by atoms with Crippen molar-refractivity contribution < 1.29 is 0 Å². The lowest BCUT2D eigenvalue weighted by atomic mass is 10.3. The third-order valence-electron chi connectivity index (χ3n) is 5.37. The van der Waals surface area contributed by atoms with E-state index < -0.39 is 7.92 Å². The largest absolute Gasteiger partial charge is 0.370 e. The predicted octanol–water partition coefficient (Wildman–Crippen LogP) is 1.97. The molecule has 0 aliphatic carbocycles. The Bertz CT molecular complexity index is 1150. The average Bonchev–Trinajstić information content (AvgIpc) is 2.84. The molecule has 0 bridgehead atoms. The second-order valence-corrected chi connectivity index (χ2v) is 11.2. The van der Waals surface area contributed by atoms with Gasteiger partial charge in [0, 0.05) is 42.3 Å². The first-order chi connectivity index (χ1) is 17.5. The molecule has 0 saturated carbocycles. The molecule has 0 saturated heterocycles. The Morgan fingerprint density at radius 2 is 0.784 bits per heavy atom. The van der Waals surface area contributed by atoms with Gasteiger partial charge in [-0.3, -0.25) is 0 Å². The Balaban J connectivity index is 2.19. The first kappa shape index (κ1) is 27.5. The van der Waals surface area contributed by atoms with E-state index in [1.807, 2.05) is 78.7 Å².